The Morgan fingerprint density at radius 2 is 2.04 bits per heavy atom. The monoisotopic (exact) mass is 337 g/mol. The van der Waals surface area contributed by atoms with Gasteiger partial charge in [0.15, 0.2) is 17.2 Å². The van der Waals surface area contributed by atoms with E-state index in [0.29, 0.717) is 22.8 Å². The Labute approximate surface area is 145 Å². The molecule has 7 nitrogen and oxygen atoms in total. The van der Waals surface area contributed by atoms with Crippen molar-refractivity contribution in [1.29, 1.82) is 0 Å². The lowest BCUT2D eigenvalue weighted by Crippen LogP contribution is -2.04. The first kappa shape index (κ1) is 16.6. The maximum atomic E-state index is 11.2. The third-order valence-corrected chi connectivity index (χ3v) is 3.60. The topological polar surface area (TPSA) is 91.4 Å². The molecule has 0 saturated carbocycles. The normalized spacial score (nSPS) is 11.5. The number of rotatable bonds is 4. The van der Waals surface area contributed by atoms with Crippen LogP contribution in [-0.2, 0) is 4.79 Å². The number of anilines is 1. The standard InChI is InChI=1S/C18H19N5O2/c1-11(2)16-18(23-9-5-8-15(25)17(23)20-16)22-21-14-7-4-6-13(10-14)19-12(3)24/h4-11,25H,1-3H3,(H,19,24). The molecule has 128 valence electrons. The highest BCUT2D eigenvalue weighted by atomic mass is 16.3. The van der Waals surface area contributed by atoms with Gasteiger partial charge in [0.25, 0.3) is 0 Å². The van der Waals surface area contributed by atoms with E-state index in [4.69, 9.17) is 0 Å². The third-order valence-electron chi connectivity index (χ3n) is 3.60. The SMILES string of the molecule is CC(=O)Nc1cccc(N=Nc2c(C(C)C)nc3c(O)cccn23)c1. The maximum absolute atomic E-state index is 11.2. The van der Waals surface area contributed by atoms with Crippen LogP contribution in [-0.4, -0.2) is 20.4 Å². The number of azo groups is 1. The number of nitrogens with one attached hydrogen (secondary N) is 1. The molecule has 7 heteroatoms. The highest BCUT2D eigenvalue weighted by molar-refractivity contribution is 5.89. The minimum absolute atomic E-state index is 0.0958. The van der Waals surface area contributed by atoms with Crippen molar-refractivity contribution in [3.05, 3.63) is 48.3 Å². The van der Waals surface area contributed by atoms with Crippen molar-refractivity contribution in [3.63, 3.8) is 0 Å². The van der Waals surface area contributed by atoms with Crippen molar-refractivity contribution < 1.29 is 9.90 Å². The number of benzene rings is 1. The van der Waals surface area contributed by atoms with Gasteiger partial charge in [0.2, 0.25) is 5.91 Å². The van der Waals surface area contributed by atoms with E-state index in [0.717, 1.165) is 5.69 Å². The largest absolute Gasteiger partial charge is 0.504 e. The number of carbonyl (C=O) groups excluding carboxylic acids is 1. The van der Waals surface area contributed by atoms with E-state index in [1.54, 1.807) is 47.0 Å². The van der Waals surface area contributed by atoms with Crippen LogP contribution in [0.2, 0.25) is 0 Å². The second kappa shape index (κ2) is 6.72. The molecule has 0 aliphatic rings. The first-order valence-electron chi connectivity index (χ1n) is 7.95. The Hall–Kier alpha value is -3.22. The van der Waals surface area contributed by atoms with E-state index in [1.165, 1.54) is 6.92 Å². The first-order chi connectivity index (χ1) is 12.0. The van der Waals surface area contributed by atoms with Gasteiger partial charge in [-0.05, 0) is 36.2 Å². The fraction of sp³-hybridized carbons (Fsp3) is 0.222. The van der Waals surface area contributed by atoms with Gasteiger partial charge < -0.3 is 10.4 Å². The Bertz CT molecular complexity index is 959. The number of carbonyl (C=O) groups is 1. The van der Waals surface area contributed by atoms with Crippen LogP contribution in [0.1, 0.15) is 32.4 Å². The molecule has 0 aliphatic heterocycles. The molecule has 2 aromatic heterocycles. The molecule has 0 radical (unpaired) electrons. The Balaban J connectivity index is 2.02. The van der Waals surface area contributed by atoms with Crippen LogP contribution in [0.4, 0.5) is 17.2 Å². The summed E-state index contributed by atoms with van der Waals surface area (Å²) in [6.45, 7) is 5.47. The Morgan fingerprint density at radius 3 is 2.76 bits per heavy atom. The number of imidazole rings is 1. The molecular formula is C18H19N5O2. The Morgan fingerprint density at radius 1 is 1.24 bits per heavy atom. The van der Waals surface area contributed by atoms with Gasteiger partial charge in [0, 0.05) is 18.8 Å². The summed E-state index contributed by atoms with van der Waals surface area (Å²) in [5.41, 5.74) is 2.47. The van der Waals surface area contributed by atoms with Gasteiger partial charge in [-0.15, -0.1) is 10.2 Å². The quantitative estimate of drug-likeness (QED) is 0.685. The number of aromatic hydroxyl groups is 1. The van der Waals surface area contributed by atoms with Crippen LogP contribution in [0.3, 0.4) is 0 Å². The van der Waals surface area contributed by atoms with Gasteiger partial charge in [0.1, 0.15) is 0 Å². The van der Waals surface area contributed by atoms with Gasteiger partial charge in [-0.2, -0.15) is 0 Å². The molecule has 0 atom stereocenters. The van der Waals surface area contributed by atoms with Crippen molar-refractivity contribution in [2.75, 3.05) is 5.32 Å². The molecule has 3 aromatic rings. The number of aromatic nitrogens is 2. The number of nitrogens with zero attached hydrogens (tertiary/aromatic N) is 4. The maximum Gasteiger partial charge on any atom is 0.221 e. The van der Waals surface area contributed by atoms with Crippen LogP contribution in [0.15, 0.2) is 52.8 Å². The number of hydrogen-bond acceptors (Lipinski definition) is 5. The van der Waals surface area contributed by atoms with Gasteiger partial charge in [-0.1, -0.05) is 19.9 Å². The van der Waals surface area contributed by atoms with Crippen LogP contribution in [0.25, 0.3) is 5.65 Å². The molecule has 2 heterocycles. The van der Waals surface area contributed by atoms with E-state index in [9.17, 15) is 9.90 Å². The molecule has 0 fully saturated rings. The number of pyridine rings is 1. The molecule has 0 unspecified atom stereocenters. The molecule has 0 spiro atoms. The van der Waals surface area contributed by atoms with Crippen molar-refractivity contribution >= 4 is 28.7 Å². The summed E-state index contributed by atoms with van der Waals surface area (Å²) in [7, 11) is 0. The first-order valence-corrected chi connectivity index (χ1v) is 7.95. The second-order valence-electron chi connectivity index (χ2n) is 5.99. The summed E-state index contributed by atoms with van der Waals surface area (Å²) < 4.78 is 1.71. The van der Waals surface area contributed by atoms with E-state index < -0.39 is 0 Å². The summed E-state index contributed by atoms with van der Waals surface area (Å²) in [4.78, 5) is 15.6. The second-order valence-corrected chi connectivity index (χ2v) is 5.99. The van der Waals surface area contributed by atoms with Crippen LogP contribution >= 0.6 is 0 Å². The molecule has 0 aliphatic carbocycles. The summed E-state index contributed by atoms with van der Waals surface area (Å²) in [5, 5.41) is 21.3. The average Bonchev–Trinajstić information content (AvgIpc) is 2.93. The third kappa shape index (κ3) is 3.50. The molecule has 2 N–H and O–H groups in total. The number of fused-ring (bicyclic) bond motifs is 1. The van der Waals surface area contributed by atoms with E-state index >= 15 is 0 Å². The lowest BCUT2D eigenvalue weighted by Gasteiger charge is -2.03. The van der Waals surface area contributed by atoms with Gasteiger partial charge in [-0.3, -0.25) is 9.20 Å². The predicted molar refractivity (Wildman–Crippen MR) is 95.9 cm³/mol. The predicted octanol–water partition coefficient (Wildman–Crippen LogP) is 4.54. The zero-order valence-electron chi connectivity index (χ0n) is 14.3. The van der Waals surface area contributed by atoms with Gasteiger partial charge in [0.05, 0.1) is 11.4 Å². The van der Waals surface area contributed by atoms with E-state index in [2.05, 4.69) is 20.5 Å². The average molecular weight is 337 g/mol. The van der Waals surface area contributed by atoms with Crippen molar-refractivity contribution in [2.45, 2.75) is 26.7 Å². The highest BCUT2D eigenvalue weighted by Gasteiger charge is 2.16. The summed E-state index contributed by atoms with van der Waals surface area (Å²) in [6, 6.07) is 10.4. The highest BCUT2D eigenvalue weighted by Crippen LogP contribution is 2.32. The summed E-state index contributed by atoms with van der Waals surface area (Å²) in [6.07, 6.45) is 1.79. The van der Waals surface area contributed by atoms with E-state index in [-0.39, 0.29) is 17.6 Å². The number of hydrogen-bond donors (Lipinski definition) is 2. The lowest BCUT2D eigenvalue weighted by atomic mass is 10.1. The van der Waals surface area contributed by atoms with Crippen molar-refractivity contribution in [2.24, 2.45) is 10.2 Å². The fourth-order valence-corrected chi connectivity index (χ4v) is 2.50. The van der Waals surface area contributed by atoms with Crippen LogP contribution in [0.5, 0.6) is 5.75 Å². The van der Waals surface area contributed by atoms with E-state index in [1.807, 2.05) is 13.8 Å². The minimum atomic E-state index is -0.145. The van der Waals surface area contributed by atoms with Crippen molar-refractivity contribution in [3.8, 4) is 5.75 Å². The zero-order valence-corrected chi connectivity index (χ0v) is 14.3. The molecular weight excluding hydrogens is 318 g/mol. The summed E-state index contributed by atoms with van der Waals surface area (Å²) in [5.74, 6) is 0.650. The molecule has 0 bridgehead atoms. The smallest absolute Gasteiger partial charge is 0.221 e. The number of amides is 1. The zero-order chi connectivity index (χ0) is 18.0. The van der Waals surface area contributed by atoms with Crippen LogP contribution < -0.4 is 5.32 Å². The fourth-order valence-electron chi connectivity index (χ4n) is 2.50. The van der Waals surface area contributed by atoms with Gasteiger partial charge >= 0.3 is 0 Å². The Kier molecular flexibility index (Phi) is 4.47. The van der Waals surface area contributed by atoms with Crippen molar-refractivity contribution in [1.82, 2.24) is 9.38 Å². The molecule has 1 amide bonds. The minimum Gasteiger partial charge on any atom is -0.504 e. The van der Waals surface area contributed by atoms with Gasteiger partial charge in [-0.25, -0.2) is 4.98 Å². The molecule has 1 aromatic carbocycles. The molecule has 3 rings (SSSR count). The summed E-state index contributed by atoms with van der Waals surface area (Å²) >= 11 is 0. The lowest BCUT2D eigenvalue weighted by molar-refractivity contribution is -0.114. The molecule has 0 saturated heterocycles. The molecule has 25 heavy (non-hydrogen) atoms. The van der Waals surface area contributed by atoms with Crippen LogP contribution in [0, 0.1) is 0 Å².